The summed E-state index contributed by atoms with van der Waals surface area (Å²) in [6, 6.07) is 10.3. The van der Waals surface area contributed by atoms with Crippen LogP contribution in [0.5, 0.6) is 0 Å². The first-order valence-electron chi connectivity index (χ1n) is 12.3. The van der Waals surface area contributed by atoms with Gasteiger partial charge >= 0.3 is 0 Å². The quantitative estimate of drug-likeness (QED) is 0.408. The van der Waals surface area contributed by atoms with Gasteiger partial charge in [0, 0.05) is 37.7 Å². The van der Waals surface area contributed by atoms with Gasteiger partial charge in [-0.3, -0.25) is 0 Å². The van der Waals surface area contributed by atoms with Crippen molar-refractivity contribution in [2.75, 3.05) is 5.32 Å². The molecule has 2 aliphatic rings. The summed E-state index contributed by atoms with van der Waals surface area (Å²) in [5.74, 6) is 4.45. The van der Waals surface area contributed by atoms with Gasteiger partial charge in [0.15, 0.2) is 17.0 Å². The molecule has 0 saturated heterocycles. The molecule has 1 aliphatic heterocycles. The molecule has 1 N–H and O–H groups in total. The van der Waals surface area contributed by atoms with Gasteiger partial charge in [-0.05, 0) is 38.3 Å². The van der Waals surface area contributed by atoms with E-state index in [0.29, 0.717) is 5.92 Å². The van der Waals surface area contributed by atoms with Crippen molar-refractivity contribution >= 4 is 17.0 Å². The number of imidazole rings is 1. The summed E-state index contributed by atoms with van der Waals surface area (Å²) in [4.78, 5) is 14.2. The maximum absolute atomic E-state index is 5.01. The lowest BCUT2D eigenvalue weighted by Gasteiger charge is -2.25. The van der Waals surface area contributed by atoms with Crippen molar-refractivity contribution in [3.8, 4) is 17.1 Å². The molecule has 1 unspecified atom stereocenters. The first-order chi connectivity index (χ1) is 17.3. The normalized spacial score (nSPS) is 17.6. The number of para-hydroxylation sites is 1. The molecule has 1 atom stereocenters. The first kappa shape index (κ1) is 20.3. The zero-order valence-electron chi connectivity index (χ0n) is 19.5. The Morgan fingerprint density at radius 2 is 1.94 bits per heavy atom. The third-order valence-corrected chi connectivity index (χ3v) is 6.97. The minimum atomic E-state index is 0.241. The number of hydrogen-bond acceptors (Lipinski definition) is 7. The number of nitrogens with zero attached hydrogens (tertiary/aromatic N) is 9. The van der Waals surface area contributed by atoms with E-state index in [2.05, 4.69) is 46.6 Å². The van der Waals surface area contributed by atoms with Gasteiger partial charge < -0.3 is 14.5 Å². The molecular formula is C25H26N10. The van der Waals surface area contributed by atoms with E-state index in [1.165, 1.54) is 12.8 Å². The molecule has 0 bridgehead atoms. The Morgan fingerprint density at radius 3 is 2.77 bits per heavy atom. The van der Waals surface area contributed by atoms with E-state index in [-0.39, 0.29) is 6.04 Å². The summed E-state index contributed by atoms with van der Waals surface area (Å²) in [5.41, 5.74) is 3.57. The highest BCUT2D eigenvalue weighted by atomic mass is 15.3. The van der Waals surface area contributed by atoms with Crippen LogP contribution >= 0.6 is 0 Å². The van der Waals surface area contributed by atoms with Gasteiger partial charge in [0.2, 0.25) is 0 Å². The minimum Gasteiger partial charge on any atom is -0.364 e. The molecule has 0 radical (unpaired) electrons. The fourth-order valence-corrected chi connectivity index (χ4v) is 5.03. The van der Waals surface area contributed by atoms with Gasteiger partial charge in [0.05, 0.1) is 17.4 Å². The highest BCUT2D eigenvalue weighted by Gasteiger charge is 2.33. The fourth-order valence-electron chi connectivity index (χ4n) is 5.03. The molecule has 35 heavy (non-hydrogen) atoms. The average Bonchev–Trinajstić information content (AvgIpc) is 3.30. The van der Waals surface area contributed by atoms with E-state index < -0.39 is 0 Å². The lowest BCUT2D eigenvalue weighted by molar-refractivity contribution is 0.465. The summed E-state index contributed by atoms with van der Waals surface area (Å²) in [7, 11) is 0. The summed E-state index contributed by atoms with van der Waals surface area (Å²) < 4.78 is 6.31. The van der Waals surface area contributed by atoms with Crippen LogP contribution in [-0.4, -0.2) is 50.1 Å². The topological polar surface area (TPSA) is 104 Å². The van der Waals surface area contributed by atoms with Crippen LogP contribution < -0.4 is 5.32 Å². The zero-order valence-corrected chi connectivity index (χ0v) is 19.5. The first-order valence-corrected chi connectivity index (χ1v) is 12.3. The number of fused-ring (bicyclic) bond motifs is 2. The number of aromatic nitrogens is 9. The Balaban J connectivity index is 1.22. The Hall–Kier alpha value is -4.08. The molecule has 10 nitrogen and oxygen atoms in total. The second-order valence-electron chi connectivity index (χ2n) is 9.32. The van der Waals surface area contributed by atoms with Crippen LogP contribution in [-0.2, 0) is 19.5 Å². The predicted molar refractivity (Wildman–Crippen MR) is 131 cm³/mol. The van der Waals surface area contributed by atoms with Crippen molar-refractivity contribution in [1.29, 1.82) is 0 Å². The molecule has 0 amide bonds. The molecule has 176 valence electrons. The third-order valence-electron chi connectivity index (χ3n) is 6.97. The van der Waals surface area contributed by atoms with Crippen molar-refractivity contribution in [3.05, 3.63) is 60.7 Å². The summed E-state index contributed by atoms with van der Waals surface area (Å²) in [5, 5.41) is 17.1. The van der Waals surface area contributed by atoms with Crippen LogP contribution in [0.1, 0.15) is 43.8 Å². The van der Waals surface area contributed by atoms with Gasteiger partial charge in [-0.15, -0.1) is 10.2 Å². The van der Waals surface area contributed by atoms with Gasteiger partial charge in [-0.25, -0.2) is 19.6 Å². The standard InChI is InChI=1S/C25H26N10/c1-2-33-23(17-12-28-35(13-17)19-6-4-3-5-7-19)30-21-22(26-15-27-25(21)33)29-18-10-11-20-31-32-24(16-8-9-16)34(20)14-18/h3-7,12-13,15-16,18H,2,8-11,14H2,1H3,(H,26,27,29). The van der Waals surface area contributed by atoms with Crippen molar-refractivity contribution < 1.29 is 0 Å². The molecule has 10 heteroatoms. The van der Waals surface area contributed by atoms with Crippen molar-refractivity contribution in [2.24, 2.45) is 0 Å². The number of benzene rings is 1. The number of anilines is 1. The molecule has 1 fully saturated rings. The molecule has 7 rings (SSSR count). The highest BCUT2D eigenvalue weighted by Crippen LogP contribution is 2.40. The summed E-state index contributed by atoms with van der Waals surface area (Å²) in [6.07, 6.45) is 9.84. The maximum atomic E-state index is 5.01. The van der Waals surface area contributed by atoms with E-state index in [0.717, 1.165) is 71.6 Å². The number of nitrogens with one attached hydrogen (secondary N) is 1. The molecule has 1 aromatic carbocycles. The van der Waals surface area contributed by atoms with Gasteiger partial charge in [-0.2, -0.15) is 5.10 Å². The average molecular weight is 467 g/mol. The van der Waals surface area contributed by atoms with Crippen LogP contribution in [0, 0.1) is 0 Å². The molecular weight excluding hydrogens is 440 g/mol. The molecule has 0 spiro atoms. The van der Waals surface area contributed by atoms with Crippen LogP contribution in [0.2, 0.25) is 0 Å². The maximum Gasteiger partial charge on any atom is 0.165 e. The predicted octanol–water partition coefficient (Wildman–Crippen LogP) is 3.59. The van der Waals surface area contributed by atoms with Crippen LogP contribution in [0.4, 0.5) is 5.82 Å². The SMILES string of the molecule is CCn1c(-c2cnn(-c3ccccc3)c2)nc2c(NC3CCc4nnc(C5CC5)n4C3)ncnc21. The van der Waals surface area contributed by atoms with E-state index in [9.17, 15) is 0 Å². The van der Waals surface area contributed by atoms with E-state index >= 15 is 0 Å². The fraction of sp³-hybridized carbons (Fsp3) is 0.360. The van der Waals surface area contributed by atoms with E-state index in [1.54, 1.807) is 6.33 Å². The van der Waals surface area contributed by atoms with Crippen LogP contribution in [0.25, 0.3) is 28.2 Å². The zero-order chi connectivity index (χ0) is 23.4. The monoisotopic (exact) mass is 466 g/mol. The number of rotatable bonds is 6. The second-order valence-corrected chi connectivity index (χ2v) is 9.32. The Morgan fingerprint density at radius 1 is 1.06 bits per heavy atom. The lowest BCUT2D eigenvalue weighted by Crippen LogP contribution is -2.32. The van der Waals surface area contributed by atoms with Crippen LogP contribution in [0.3, 0.4) is 0 Å². The summed E-state index contributed by atoms with van der Waals surface area (Å²) in [6.45, 7) is 3.71. The molecule has 1 aliphatic carbocycles. The van der Waals surface area contributed by atoms with Crippen molar-refractivity contribution in [3.63, 3.8) is 0 Å². The van der Waals surface area contributed by atoms with Crippen molar-refractivity contribution in [2.45, 2.75) is 57.7 Å². The number of aryl methyl sites for hydroxylation is 2. The largest absolute Gasteiger partial charge is 0.364 e. The third kappa shape index (κ3) is 3.48. The molecule has 4 aromatic heterocycles. The van der Waals surface area contributed by atoms with Crippen molar-refractivity contribution in [1.82, 2.24) is 44.1 Å². The minimum absolute atomic E-state index is 0.241. The summed E-state index contributed by atoms with van der Waals surface area (Å²) >= 11 is 0. The van der Waals surface area contributed by atoms with E-state index in [1.807, 2.05) is 47.4 Å². The highest BCUT2D eigenvalue weighted by molar-refractivity contribution is 5.86. The molecule has 1 saturated carbocycles. The Bertz CT molecular complexity index is 1510. The van der Waals surface area contributed by atoms with Gasteiger partial charge in [0.25, 0.3) is 0 Å². The Kier molecular flexibility index (Phi) is 4.64. The van der Waals surface area contributed by atoms with Gasteiger partial charge in [-0.1, -0.05) is 18.2 Å². The second kappa shape index (κ2) is 8.00. The Labute approximate surface area is 202 Å². The molecule has 5 aromatic rings. The van der Waals surface area contributed by atoms with E-state index in [4.69, 9.17) is 4.98 Å². The lowest BCUT2D eigenvalue weighted by atomic mass is 10.1. The number of hydrogen-bond donors (Lipinski definition) is 1. The van der Waals surface area contributed by atoms with Crippen LogP contribution in [0.15, 0.2) is 49.1 Å². The molecule has 5 heterocycles. The van der Waals surface area contributed by atoms with Gasteiger partial charge in [0.1, 0.15) is 23.8 Å². The smallest absolute Gasteiger partial charge is 0.165 e.